The second kappa shape index (κ2) is 7.26. The van der Waals surface area contributed by atoms with Gasteiger partial charge >= 0.3 is 0 Å². The van der Waals surface area contributed by atoms with Crippen LogP contribution < -0.4 is 5.32 Å². The topological polar surface area (TPSA) is 15.3 Å². The highest BCUT2D eigenvalue weighted by molar-refractivity contribution is 4.92. The van der Waals surface area contributed by atoms with Crippen molar-refractivity contribution >= 4 is 0 Å². The highest BCUT2D eigenvalue weighted by atomic mass is 15.2. The maximum atomic E-state index is 3.63. The zero-order valence-corrected chi connectivity index (χ0v) is 13.4. The molecule has 0 aromatic heterocycles. The minimum atomic E-state index is 0.763. The smallest absolute Gasteiger partial charge is 0.0220 e. The molecule has 0 aliphatic heterocycles. The Morgan fingerprint density at radius 1 is 0.800 bits per heavy atom. The number of hydrogen-bond acceptors (Lipinski definition) is 2. The van der Waals surface area contributed by atoms with Crippen molar-refractivity contribution in [1.82, 2.24) is 10.2 Å². The zero-order valence-electron chi connectivity index (χ0n) is 13.4. The van der Waals surface area contributed by atoms with Gasteiger partial charge in [-0.15, -0.1) is 0 Å². The van der Waals surface area contributed by atoms with Gasteiger partial charge < -0.3 is 5.32 Å². The zero-order chi connectivity index (χ0) is 13.8. The van der Waals surface area contributed by atoms with Crippen LogP contribution in [-0.4, -0.2) is 36.6 Å². The molecule has 0 radical (unpaired) electrons. The first-order chi connectivity index (χ1) is 9.88. The van der Waals surface area contributed by atoms with Gasteiger partial charge in [-0.1, -0.05) is 38.5 Å². The molecular formula is C18H34N2. The van der Waals surface area contributed by atoms with E-state index in [-0.39, 0.29) is 0 Å². The fourth-order valence-corrected chi connectivity index (χ4v) is 4.62. The van der Waals surface area contributed by atoms with Crippen LogP contribution in [0.4, 0.5) is 0 Å². The molecule has 1 N–H and O–H groups in total. The normalized spacial score (nSPS) is 27.9. The minimum absolute atomic E-state index is 0.763. The van der Waals surface area contributed by atoms with E-state index in [4.69, 9.17) is 0 Å². The lowest BCUT2D eigenvalue weighted by Crippen LogP contribution is -2.51. The molecule has 1 atom stereocenters. The molecule has 2 nitrogen and oxygen atoms in total. The standard InChI is InChI=1S/C18H34N2/c1-19-18(15-12-13-15)14-20(16-8-4-2-5-9-16)17-10-6-3-7-11-17/h15-19H,2-14H2,1H3. The third-order valence-corrected chi connectivity index (χ3v) is 6.06. The van der Waals surface area contributed by atoms with Crippen LogP contribution in [0.1, 0.15) is 77.0 Å². The number of nitrogens with one attached hydrogen (secondary N) is 1. The molecule has 116 valence electrons. The van der Waals surface area contributed by atoms with E-state index < -0.39 is 0 Å². The van der Waals surface area contributed by atoms with Gasteiger partial charge in [0.2, 0.25) is 0 Å². The van der Waals surface area contributed by atoms with Gasteiger partial charge in [-0.2, -0.15) is 0 Å². The highest BCUT2D eigenvalue weighted by Gasteiger charge is 2.35. The van der Waals surface area contributed by atoms with Crippen molar-refractivity contribution in [3.05, 3.63) is 0 Å². The lowest BCUT2D eigenvalue weighted by Gasteiger charge is -2.43. The van der Waals surface area contributed by atoms with E-state index in [1.807, 2.05) is 0 Å². The maximum Gasteiger partial charge on any atom is 0.0220 e. The molecule has 3 fully saturated rings. The van der Waals surface area contributed by atoms with Crippen LogP contribution in [0.5, 0.6) is 0 Å². The van der Waals surface area contributed by atoms with Gasteiger partial charge in [0, 0.05) is 24.7 Å². The molecule has 0 bridgehead atoms. The van der Waals surface area contributed by atoms with Crippen molar-refractivity contribution in [3.8, 4) is 0 Å². The average molecular weight is 278 g/mol. The molecule has 3 aliphatic rings. The number of likely N-dealkylation sites (N-methyl/N-ethyl adjacent to an activating group) is 1. The maximum absolute atomic E-state index is 3.63. The largest absolute Gasteiger partial charge is 0.315 e. The van der Waals surface area contributed by atoms with E-state index in [0.29, 0.717) is 0 Å². The highest BCUT2D eigenvalue weighted by Crippen LogP contribution is 2.36. The van der Waals surface area contributed by atoms with E-state index in [1.54, 1.807) is 0 Å². The minimum Gasteiger partial charge on any atom is -0.315 e. The van der Waals surface area contributed by atoms with Gasteiger partial charge in [-0.05, 0) is 51.5 Å². The molecule has 2 heteroatoms. The van der Waals surface area contributed by atoms with Crippen LogP contribution in [0.15, 0.2) is 0 Å². The van der Waals surface area contributed by atoms with Gasteiger partial charge in [0.05, 0.1) is 0 Å². The second-order valence-corrected chi connectivity index (χ2v) is 7.51. The summed E-state index contributed by atoms with van der Waals surface area (Å²) in [5.41, 5.74) is 0. The van der Waals surface area contributed by atoms with Gasteiger partial charge in [0.1, 0.15) is 0 Å². The van der Waals surface area contributed by atoms with Crippen molar-refractivity contribution < 1.29 is 0 Å². The SMILES string of the molecule is CNC(CN(C1CCCCC1)C1CCCCC1)C1CC1. The summed E-state index contributed by atoms with van der Waals surface area (Å²) in [4.78, 5) is 2.97. The Kier molecular flexibility index (Phi) is 5.39. The van der Waals surface area contributed by atoms with Crippen molar-refractivity contribution in [1.29, 1.82) is 0 Å². The summed E-state index contributed by atoms with van der Waals surface area (Å²) in [6.07, 6.45) is 17.7. The summed E-state index contributed by atoms with van der Waals surface area (Å²) >= 11 is 0. The Morgan fingerprint density at radius 3 is 1.70 bits per heavy atom. The molecule has 1 unspecified atom stereocenters. The van der Waals surface area contributed by atoms with E-state index in [1.165, 1.54) is 83.6 Å². The van der Waals surface area contributed by atoms with Crippen LogP contribution in [0.3, 0.4) is 0 Å². The third-order valence-electron chi connectivity index (χ3n) is 6.06. The Balaban J connectivity index is 1.64. The van der Waals surface area contributed by atoms with E-state index in [0.717, 1.165) is 24.0 Å². The quantitative estimate of drug-likeness (QED) is 0.791. The molecule has 0 heterocycles. The Bertz CT molecular complexity index is 257. The van der Waals surface area contributed by atoms with E-state index in [2.05, 4.69) is 17.3 Å². The third kappa shape index (κ3) is 3.76. The van der Waals surface area contributed by atoms with Crippen molar-refractivity contribution in [2.24, 2.45) is 5.92 Å². The summed E-state index contributed by atoms with van der Waals surface area (Å²) in [7, 11) is 2.18. The first-order valence-corrected chi connectivity index (χ1v) is 9.31. The summed E-state index contributed by atoms with van der Waals surface area (Å²) in [5.74, 6) is 0.981. The van der Waals surface area contributed by atoms with Gasteiger partial charge in [0.25, 0.3) is 0 Å². The molecule has 3 aliphatic carbocycles. The predicted molar refractivity (Wildman–Crippen MR) is 86.0 cm³/mol. The van der Waals surface area contributed by atoms with Crippen molar-refractivity contribution in [2.75, 3.05) is 13.6 Å². The first kappa shape index (κ1) is 14.8. The summed E-state index contributed by atoms with van der Waals surface area (Å²) in [6, 6.07) is 2.57. The molecule has 0 amide bonds. The predicted octanol–water partition coefficient (Wildman–Crippen LogP) is 3.95. The van der Waals surface area contributed by atoms with Crippen molar-refractivity contribution in [2.45, 2.75) is 95.2 Å². The molecule has 0 aromatic rings. The van der Waals surface area contributed by atoms with Crippen molar-refractivity contribution in [3.63, 3.8) is 0 Å². The molecule has 3 saturated carbocycles. The fraction of sp³-hybridized carbons (Fsp3) is 1.00. The average Bonchev–Trinajstić information content (AvgIpc) is 3.35. The molecule has 3 rings (SSSR count). The van der Waals surface area contributed by atoms with Crippen LogP contribution in [-0.2, 0) is 0 Å². The Morgan fingerprint density at radius 2 is 1.30 bits per heavy atom. The van der Waals surface area contributed by atoms with Gasteiger partial charge in [0.15, 0.2) is 0 Å². The van der Waals surface area contributed by atoms with Crippen LogP contribution in [0.25, 0.3) is 0 Å². The van der Waals surface area contributed by atoms with Gasteiger partial charge in [-0.25, -0.2) is 0 Å². The van der Waals surface area contributed by atoms with Gasteiger partial charge in [-0.3, -0.25) is 4.90 Å². The van der Waals surface area contributed by atoms with E-state index in [9.17, 15) is 0 Å². The summed E-state index contributed by atoms with van der Waals surface area (Å²) < 4.78 is 0. The fourth-order valence-electron chi connectivity index (χ4n) is 4.62. The second-order valence-electron chi connectivity index (χ2n) is 7.51. The summed E-state index contributed by atoms with van der Waals surface area (Å²) in [6.45, 7) is 1.33. The summed E-state index contributed by atoms with van der Waals surface area (Å²) in [5, 5.41) is 3.63. The molecule has 0 aromatic carbocycles. The van der Waals surface area contributed by atoms with Crippen LogP contribution in [0, 0.1) is 5.92 Å². The Labute approximate surface area is 125 Å². The number of hydrogen-bond donors (Lipinski definition) is 1. The monoisotopic (exact) mass is 278 g/mol. The van der Waals surface area contributed by atoms with Crippen LogP contribution in [0.2, 0.25) is 0 Å². The Hall–Kier alpha value is -0.0800. The molecule has 20 heavy (non-hydrogen) atoms. The first-order valence-electron chi connectivity index (χ1n) is 9.31. The lowest BCUT2D eigenvalue weighted by molar-refractivity contribution is 0.0684. The van der Waals surface area contributed by atoms with E-state index >= 15 is 0 Å². The number of nitrogens with zero attached hydrogens (tertiary/aromatic N) is 1. The molecular weight excluding hydrogens is 244 g/mol. The van der Waals surface area contributed by atoms with Crippen LogP contribution >= 0.6 is 0 Å². The number of rotatable bonds is 6. The molecule has 0 spiro atoms. The molecule has 0 saturated heterocycles. The lowest BCUT2D eigenvalue weighted by atomic mass is 9.88.